The second kappa shape index (κ2) is 5.66. The van der Waals surface area contributed by atoms with Gasteiger partial charge < -0.3 is 0 Å². The predicted octanol–water partition coefficient (Wildman–Crippen LogP) is 2.73. The van der Waals surface area contributed by atoms with Gasteiger partial charge in [-0.1, -0.05) is 28.9 Å². The van der Waals surface area contributed by atoms with Crippen molar-refractivity contribution >= 4 is 21.7 Å². The molecular weight excluding hydrogens is 242 g/mol. The van der Waals surface area contributed by atoms with Crippen LogP contribution in [-0.4, -0.2) is 29.8 Å². The van der Waals surface area contributed by atoms with Gasteiger partial charge in [-0.3, -0.25) is 9.69 Å². The maximum atomic E-state index is 11.1. The molecule has 0 N–H and O–H groups in total. The topological polar surface area (TPSA) is 20.3 Å². The molecule has 0 saturated carbocycles. The van der Waals surface area contributed by atoms with E-state index in [1.54, 1.807) is 6.92 Å². The summed E-state index contributed by atoms with van der Waals surface area (Å²) in [7, 11) is 0. The van der Waals surface area contributed by atoms with E-state index in [2.05, 4.69) is 27.4 Å². The molecule has 1 aliphatic heterocycles. The second-order valence-electron chi connectivity index (χ2n) is 4.04. The fourth-order valence-corrected chi connectivity index (χ4v) is 2.37. The highest BCUT2D eigenvalue weighted by molar-refractivity contribution is 9.11. The summed E-state index contributed by atoms with van der Waals surface area (Å²) in [6.07, 6.45) is 4.35. The van der Waals surface area contributed by atoms with Crippen LogP contribution >= 0.6 is 15.9 Å². The first kappa shape index (κ1) is 11.9. The summed E-state index contributed by atoms with van der Waals surface area (Å²) >= 11 is 3.38. The first-order valence-electron chi connectivity index (χ1n) is 5.16. The van der Waals surface area contributed by atoms with E-state index in [1.165, 1.54) is 12.8 Å². The summed E-state index contributed by atoms with van der Waals surface area (Å²) in [6, 6.07) is 0.440. The van der Waals surface area contributed by atoms with Crippen LogP contribution in [0.2, 0.25) is 0 Å². The monoisotopic (exact) mass is 259 g/mol. The van der Waals surface area contributed by atoms with Gasteiger partial charge in [-0.05, 0) is 26.3 Å². The summed E-state index contributed by atoms with van der Waals surface area (Å²) < 4.78 is 1.01. The number of likely N-dealkylation sites (tertiary alicyclic amines) is 1. The number of ketones is 1. The summed E-state index contributed by atoms with van der Waals surface area (Å²) in [6.45, 7) is 7.50. The van der Waals surface area contributed by atoms with Crippen LogP contribution in [0.3, 0.4) is 0 Å². The Morgan fingerprint density at radius 3 is 2.86 bits per heavy atom. The highest BCUT2D eigenvalue weighted by Gasteiger charge is 2.23. The maximum Gasteiger partial charge on any atom is 0.131 e. The average Bonchev–Trinajstić information content (AvgIpc) is 2.06. The van der Waals surface area contributed by atoms with Crippen LogP contribution in [0.25, 0.3) is 0 Å². The number of hydrogen-bond donors (Lipinski definition) is 0. The van der Waals surface area contributed by atoms with Crippen molar-refractivity contribution in [2.24, 2.45) is 0 Å². The molecule has 1 saturated heterocycles. The van der Waals surface area contributed by atoms with E-state index in [0.717, 1.165) is 24.0 Å². The zero-order chi connectivity index (χ0) is 10.6. The molecule has 1 rings (SSSR count). The Labute approximate surface area is 94.5 Å². The zero-order valence-electron chi connectivity index (χ0n) is 8.76. The first-order chi connectivity index (χ1) is 6.59. The number of rotatable bonds is 4. The molecule has 0 aliphatic carbocycles. The largest absolute Gasteiger partial charge is 0.300 e. The molecule has 1 atom stereocenters. The number of piperidine rings is 1. The van der Waals surface area contributed by atoms with Gasteiger partial charge in [-0.25, -0.2) is 0 Å². The normalized spacial score (nSPS) is 23.4. The van der Waals surface area contributed by atoms with Gasteiger partial charge in [0, 0.05) is 23.5 Å². The molecular formula is C11H18BrNO. The Bertz CT molecular complexity index is 203. The van der Waals surface area contributed by atoms with E-state index in [-0.39, 0.29) is 0 Å². The maximum absolute atomic E-state index is 11.1. The quantitative estimate of drug-likeness (QED) is 0.774. The summed E-state index contributed by atoms with van der Waals surface area (Å²) in [5, 5.41) is 0. The summed E-state index contributed by atoms with van der Waals surface area (Å²) in [4.78, 5) is 13.4. The SMILES string of the molecule is C=C(Br)CN1CCCCC1CC(C)=O. The molecule has 2 nitrogen and oxygen atoms in total. The molecule has 3 heteroatoms. The van der Waals surface area contributed by atoms with Gasteiger partial charge in [0.15, 0.2) is 0 Å². The molecule has 0 aromatic heterocycles. The fourth-order valence-electron chi connectivity index (χ4n) is 2.05. The summed E-state index contributed by atoms with van der Waals surface area (Å²) in [5.74, 6) is 0.294. The molecule has 1 aliphatic rings. The van der Waals surface area contributed by atoms with Gasteiger partial charge in [0.2, 0.25) is 0 Å². The van der Waals surface area contributed by atoms with Crippen molar-refractivity contribution in [3.63, 3.8) is 0 Å². The standard InChI is InChI=1S/C11H18BrNO/c1-9(12)8-13-6-4-3-5-11(13)7-10(2)14/h11H,1,3-8H2,2H3. The number of hydrogen-bond acceptors (Lipinski definition) is 2. The lowest BCUT2D eigenvalue weighted by Gasteiger charge is -2.35. The van der Waals surface area contributed by atoms with E-state index in [0.29, 0.717) is 18.2 Å². The molecule has 1 unspecified atom stereocenters. The minimum absolute atomic E-state index is 0.294. The Balaban J connectivity index is 2.49. The van der Waals surface area contributed by atoms with Gasteiger partial charge in [-0.15, -0.1) is 0 Å². The Kier molecular flexibility index (Phi) is 4.82. The first-order valence-corrected chi connectivity index (χ1v) is 5.95. The molecule has 14 heavy (non-hydrogen) atoms. The fraction of sp³-hybridized carbons (Fsp3) is 0.727. The van der Waals surface area contributed by atoms with Crippen LogP contribution in [0.5, 0.6) is 0 Å². The van der Waals surface area contributed by atoms with E-state index in [4.69, 9.17) is 0 Å². The van der Waals surface area contributed by atoms with Gasteiger partial charge >= 0.3 is 0 Å². The van der Waals surface area contributed by atoms with Gasteiger partial charge in [-0.2, -0.15) is 0 Å². The number of carbonyl (C=O) groups is 1. The molecule has 0 amide bonds. The van der Waals surface area contributed by atoms with Crippen LogP contribution < -0.4 is 0 Å². The number of Topliss-reactive ketones (excluding diaryl/α,β-unsaturated/α-hetero) is 1. The highest BCUT2D eigenvalue weighted by atomic mass is 79.9. The number of carbonyl (C=O) groups excluding carboxylic acids is 1. The van der Waals surface area contributed by atoms with Crippen LogP contribution in [-0.2, 0) is 4.79 Å². The van der Waals surface area contributed by atoms with Crippen molar-refractivity contribution < 1.29 is 4.79 Å². The van der Waals surface area contributed by atoms with Gasteiger partial charge in [0.25, 0.3) is 0 Å². The van der Waals surface area contributed by atoms with Gasteiger partial charge in [0.1, 0.15) is 5.78 Å². The number of halogens is 1. The van der Waals surface area contributed by atoms with Gasteiger partial charge in [0.05, 0.1) is 0 Å². The Morgan fingerprint density at radius 2 is 2.29 bits per heavy atom. The van der Waals surface area contributed by atoms with Crippen LogP contribution in [0.4, 0.5) is 0 Å². The Morgan fingerprint density at radius 1 is 1.57 bits per heavy atom. The molecule has 1 heterocycles. The molecule has 80 valence electrons. The minimum atomic E-state index is 0.294. The van der Waals surface area contributed by atoms with Crippen LogP contribution in [0.1, 0.15) is 32.6 Å². The molecule has 0 aromatic rings. The van der Waals surface area contributed by atoms with E-state index in [9.17, 15) is 4.79 Å². The molecule has 1 fully saturated rings. The van der Waals surface area contributed by atoms with E-state index in [1.807, 2.05) is 0 Å². The lowest BCUT2D eigenvalue weighted by molar-refractivity contribution is -0.118. The molecule has 0 bridgehead atoms. The molecule has 0 radical (unpaired) electrons. The second-order valence-corrected chi connectivity index (χ2v) is 5.16. The summed E-state index contributed by atoms with van der Waals surface area (Å²) in [5.41, 5.74) is 0. The van der Waals surface area contributed by atoms with E-state index < -0.39 is 0 Å². The van der Waals surface area contributed by atoms with E-state index >= 15 is 0 Å². The van der Waals surface area contributed by atoms with Crippen molar-refractivity contribution in [2.45, 2.75) is 38.6 Å². The third-order valence-corrected chi connectivity index (χ3v) is 2.90. The van der Waals surface area contributed by atoms with Crippen molar-refractivity contribution in [1.82, 2.24) is 4.90 Å². The highest BCUT2D eigenvalue weighted by Crippen LogP contribution is 2.21. The van der Waals surface area contributed by atoms with Crippen molar-refractivity contribution in [1.29, 1.82) is 0 Å². The predicted molar refractivity (Wildman–Crippen MR) is 62.6 cm³/mol. The van der Waals surface area contributed by atoms with Crippen molar-refractivity contribution in [3.8, 4) is 0 Å². The lowest BCUT2D eigenvalue weighted by Crippen LogP contribution is -2.41. The average molecular weight is 260 g/mol. The third-order valence-electron chi connectivity index (χ3n) is 2.65. The van der Waals surface area contributed by atoms with Crippen molar-refractivity contribution in [3.05, 3.63) is 11.1 Å². The van der Waals surface area contributed by atoms with Crippen LogP contribution in [0.15, 0.2) is 11.1 Å². The smallest absolute Gasteiger partial charge is 0.131 e. The Hall–Kier alpha value is -0.150. The zero-order valence-corrected chi connectivity index (χ0v) is 10.3. The van der Waals surface area contributed by atoms with Crippen LogP contribution in [0, 0.1) is 0 Å². The molecule has 0 spiro atoms. The minimum Gasteiger partial charge on any atom is -0.300 e. The molecule has 0 aromatic carbocycles. The third kappa shape index (κ3) is 3.93. The lowest BCUT2D eigenvalue weighted by atomic mass is 9.98. The number of nitrogens with zero attached hydrogens (tertiary/aromatic N) is 1. The van der Waals surface area contributed by atoms with Crippen molar-refractivity contribution in [2.75, 3.05) is 13.1 Å².